The average Bonchev–Trinajstić information content (AvgIpc) is 2.63. The van der Waals surface area contributed by atoms with Gasteiger partial charge in [-0.15, -0.1) is 0 Å². The van der Waals surface area contributed by atoms with Crippen molar-refractivity contribution >= 4 is 40.9 Å². The number of carbonyl (C=O) groups excluding carboxylic acids is 3. The van der Waals surface area contributed by atoms with E-state index in [1.807, 2.05) is 30.3 Å². The van der Waals surface area contributed by atoms with E-state index in [9.17, 15) is 18.8 Å². The van der Waals surface area contributed by atoms with Crippen molar-refractivity contribution in [3.63, 3.8) is 0 Å². The van der Waals surface area contributed by atoms with Crippen LogP contribution in [0.15, 0.2) is 42.5 Å². The van der Waals surface area contributed by atoms with Crippen molar-refractivity contribution in [2.24, 2.45) is 0 Å². The van der Waals surface area contributed by atoms with Crippen molar-refractivity contribution in [1.29, 1.82) is 0 Å². The molecule has 27 heavy (non-hydrogen) atoms. The maximum Gasteiger partial charge on any atom is 0.340 e. The third-order valence-electron chi connectivity index (χ3n) is 3.67. The van der Waals surface area contributed by atoms with Gasteiger partial charge in [-0.2, -0.15) is 0 Å². The van der Waals surface area contributed by atoms with Gasteiger partial charge in [-0.25, -0.2) is 9.18 Å². The fraction of sp³-hybridized carbons (Fsp3) is 0.211. The maximum absolute atomic E-state index is 13.5. The molecular weight excluding hydrogens is 396 g/mol. The molecule has 0 aliphatic carbocycles. The van der Waals surface area contributed by atoms with Gasteiger partial charge in [0.15, 0.2) is 12.4 Å². The van der Waals surface area contributed by atoms with Crippen LogP contribution in [0, 0.1) is 5.82 Å². The first-order valence-corrected chi connectivity index (χ1v) is 8.69. The van der Waals surface area contributed by atoms with Crippen LogP contribution in [0.1, 0.15) is 22.8 Å². The molecule has 1 atom stereocenters. The number of hydrogen-bond donors (Lipinski definition) is 1. The molecule has 1 N–H and O–H groups in total. The average molecular weight is 412 g/mol. The first-order valence-electron chi connectivity index (χ1n) is 7.93. The van der Waals surface area contributed by atoms with Crippen molar-refractivity contribution in [3.8, 4) is 0 Å². The highest BCUT2D eigenvalue weighted by Gasteiger charge is 2.20. The minimum Gasteiger partial charge on any atom is -0.452 e. The second kappa shape index (κ2) is 9.48. The molecule has 0 saturated heterocycles. The normalized spacial score (nSPS) is 11.6. The Kier molecular flexibility index (Phi) is 7.33. The topological polar surface area (TPSA) is 72.5 Å². The number of carbonyl (C=O) groups is 3. The highest BCUT2D eigenvalue weighted by atomic mass is 35.5. The molecule has 0 aromatic heterocycles. The number of nitrogens with one attached hydrogen (secondary N) is 1. The molecule has 5 nitrogen and oxygen atoms in total. The summed E-state index contributed by atoms with van der Waals surface area (Å²) in [6.45, 7) is 0.716. The molecule has 0 heterocycles. The molecule has 142 valence electrons. The lowest BCUT2D eigenvalue weighted by Crippen LogP contribution is -2.43. The molecule has 1 amide bonds. The molecule has 2 aromatic carbocycles. The van der Waals surface area contributed by atoms with Gasteiger partial charge in [-0.05, 0) is 31.0 Å². The van der Waals surface area contributed by atoms with Crippen molar-refractivity contribution in [2.45, 2.75) is 19.4 Å². The standard InChI is InChI=1S/C19H16Cl2FNO4/c1-11(24)17(7-12-5-3-2-4-6-12)23-18(25)10-27-19(26)13-8-16(22)15(21)9-14(13)20/h2-6,8-9,17H,7,10H2,1H3,(H,23,25)/t17-/m1/s1. The number of halogens is 3. The summed E-state index contributed by atoms with van der Waals surface area (Å²) < 4.78 is 18.3. The number of amides is 1. The van der Waals surface area contributed by atoms with E-state index in [-0.39, 0.29) is 21.4 Å². The minimum atomic E-state index is -0.979. The summed E-state index contributed by atoms with van der Waals surface area (Å²) in [7, 11) is 0. The van der Waals surface area contributed by atoms with Crippen molar-refractivity contribution in [2.75, 3.05) is 6.61 Å². The van der Waals surface area contributed by atoms with Gasteiger partial charge in [0, 0.05) is 0 Å². The molecule has 2 aromatic rings. The van der Waals surface area contributed by atoms with Gasteiger partial charge in [0.2, 0.25) is 0 Å². The number of Topliss-reactive ketones (excluding diaryl/α,β-unsaturated/α-hetero) is 1. The third kappa shape index (κ3) is 6.05. The largest absolute Gasteiger partial charge is 0.452 e. The van der Waals surface area contributed by atoms with Gasteiger partial charge in [-0.3, -0.25) is 9.59 Å². The lowest BCUT2D eigenvalue weighted by Gasteiger charge is -2.16. The van der Waals surface area contributed by atoms with Gasteiger partial charge < -0.3 is 10.1 Å². The summed E-state index contributed by atoms with van der Waals surface area (Å²) in [5.74, 6) is -2.71. The number of ketones is 1. The summed E-state index contributed by atoms with van der Waals surface area (Å²) in [5, 5.41) is 2.18. The Morgan fingerprint density at radius 3 is 2.41 bits per heavy atom. The summed E-state index contributed by atoms with van der Waals surface area (Å²) in [4.78, 5) is 35.8. The van der Waals surface area contributed by atoms with Crippen LogP contribution in [0.4, 0.5) is 4.39 Å². The fourth-order valence-electron chi connectivity index (χ4n) is 2.27. The SMILES string of the molecule is CC(=O)[C@@H](Cc1ccccc1)NC(=O)COC(=O)c1cc(F)c(Cl)cc1Cl. The number of ether oxygens (including phenoxy) is 1. The lowest BCUT2D eigenvalue weighted by molar-refractivity contribution is -0.128. The summed E-state index contributed by atoms with van der Waals surface area (Å²) in [6.07, 6.45) is 0.310. The predicted octanol–water partition coefficient (Wildman–Crippen LogP) is 3.61. The van der Waals surface area contributed by atoms with Crippen LogP contribution in [-0.4, -0.2) is 30.3 Å². The van der Waals surface area contributed by atoms with Crippen LogP contribution in [-0.2, 0) is 20.7 Å². The van der Waals surface area contributed by atoms with Crippen molar-refractivity contribution in [3.05, 3.63) is 69.5 Å². The Bertz CT molecular complexity index is 858. The fourth-order valence-corrected chi connectivity index (χ4v) is 2.73. The lowest BCUT2D eigenvalue weighted by atomic mass is 10.0. The Hall–Kier alpha value is -2.44. The van der Waals surface area contributed by atoms with E-state index in [0.29, 0.717) is 6.42 Å². The molecule has 0 radical (unpaired) electrons. The summed E-state index contributed by atoms with van der Waals surface area (Å²) in [5.41, 5.74) is 0.622. The van der Waals surface area contributed by atoms with Crippen molar-refractivity contribution < 1.29 is 23.5 Å². The van der Waals surface area contributed by atoms with Crippen LogP contribution >= 0.6 is 23.2 Å². The molecule has 0 saturated carbocycles. The number of benzene rings is 2. The van der Waals surface area contributed by atoms with Crippen LogP contribution in [0.2, 0.25) is 10.0 Å². The number of rotatable bonds is 7. The minimum absolute atomic E-state index is 0.0995. The van der Waals surface area contributed by atoms with Gasteiger partial charge >= 0.3 is 5.97 Å². The number of esters is 1. The third-order valence-corrected chi connectivity index (χ3v) is 4.28. The molecule has 2 rings (SSSR count). The molecule has 0 bridgehead atoms. The van der Waals surface area contributed by atoms with E-state index in [1.165, 1.54) is 6.92 Å². The molecular formula is C19H16Cl2FNO4. The monoisotopic (exact) mass is 411 g/mol. The molecule has 0 aliphatic rings. The van der Waals surface area contributed by atoms with E-state index in [4.69, 9.17) is 27.9 Å². The van der Waals surface area contributed by atoms with Crippen molar-refractivity contribution in [1.82, 2.24) is 5.32 Å². The van der Waals surface area contributed by atoms with E-state index >= 15 is 0 Å². The van der Waals surface area contributed by atoms with E-state index < -0.39 is 30.3 Å². The second-order valence-electron chi connectivity index (χ2n) is 5.74. The Morgan fingerprint density at radius 1 is 1.11 bits per heavy atom. The Labute approximate surface area is 165 Å². The van der Waals surface area contributed by atoms with Crippen LogP contribution in [0.25, 0.3) is 0 Å². The summed E-state index contributed by atoms with van der Waals surface area (Å²) >= 11 is 11.4. The van der Waals surface area contributed by atoms with E-state index in [0.717, 1.165) is 17.7 Å². The first-order chi connectivity index (χ1) is 12.8. The Morgan fingerprint density at radius 2 is 1.78 bits per heavy atom. The molecule has 0 fully saturated rings. The number of hydrogen-bond acceptors (Lipinski definition) is 4. The van der Waals surface area contributed by atoms with Crippen LogP contribution < -0.4 is 5.32 Å². The van der Waals surface area contributed by atoms with Crippen LogP contribution in [0.5, 0.6) is 0 Å². The molecule has 0 aliphatic heterocycles. The van der Waals surface area contributed by atoms with Gasteiger partial charge in [0.05, 0.1) is 21.7 Å². The quantitative estimate of drug-likeness (QED) is 0.557. The zero-order chi connectivity index (χ0) is 20.0. The van der Waals surface area contributed by atoms with Gasteiger partial charge in [0.1, 0.15) is 5.82 Å². The summed E-state index contributed by atoms with van der Waals surface area (Å²) in [6, 6.07) is 10.3. The predicted molar refractivity (Wildman–Crippen MR) is 99.5 cm³/mol. The van der Waals surface area contributed by atoms with Crippen LogP contribution in [0.3, 0.4) is 0 Å². The van der Waals surface area contributed by atoms with Gasteiger partial charge in [0.25, 0.3) is 5.91 Å². The zero-order valence-corrected chi connectivity index (χ0v) is 15.8. The molecule has 0 unspecified atom stereocenters. The zero-order valence-electron chi connectivity index (χ0n) is 14.3. The highest BCUT2D eigenvalue weighted by Crippen LogP contribution is 2.24. The smallest absolute Gasteiger partial charge is 0.340 e. The van der Waals surface area contributed by atoms with E-state index in [2.05, 4.69) is 5.32 Å². The highest BCUT2D eigenvalue weighted by molar-refractivity contribution is 6.36. The maximum atomic E-state index is 13.5. The molecule has 8 heteroatoms. The second-order valence-corrected chi connectivity index (χ2v) is 6.56. The Balaban J connectivity index is 1.95. The van der Waals surface area contributed by atoms with E-state index in [1.54, 1.807) is 0 Å². The first kappa shape index (κ1) is 20.9. The van der Waals surface area contributed by atoms with Gasteiger partial charge in [-0.1, -0.05) is 53.5 Å². The molecule has 0 spiro atoms.